The van der Waals surface area contributed by atoms with Gasteiger partial charge in [-0.3, -0.25) is 0 Å². The molecule has 0 amide bonds. The molecule has 0 saturated carbocycles. The number of hydrogen-bond acceptors (Lipinski definition) is 4. The van der Waals surface area contributed by atoms with Crippen LogP contribution >= 0.6 is 0 Å². The third-order valence-electron chi connectivity index (χ3n) is 1.08. The van der Waals surface area contributed by atoms with Crippen LogP contribution in [0.2, 0.25) is 0 Å². The molecule has 2 atom stereocenters. The Kier molecular flexibility index (Phi) is 8.81. The van der Waals surface area contributed by atoms with Crippen LogP contribution in [0.25, 0.3) is 0 Å². The first kappa shape index (κ1) is 16.2. The van der Waals surface area contributed by atoms with Crippen LogP contribution in [0.1, 0.15) is 27.7 Å². The molecule has 3 N–H and O–H groups in total. The number of carboxylic acids is 1. The van der Waals surface area contributed by atoms with E-state index in [0.717, 1.165) is 5.57 Å². The van der Waals surface area contributed by atoms with E-state index < -0.39 is 18.2 Å². The molecule has 0 spiro atoms. The van der Waals surface area contributed by atoms with Crippen molar-refractivity contribution >= 4 is 11.8 Å². The minimum Gasteiger partial charge on any atom is -0.479 e. The van der Waals surface area contributed by atoms with E-state index in [1.165, 1.54) is 19.9 Å². The van der Waals surface area contributed by atoms with Gasteiger partial charge in [-0.2, -0.15) is 0 Å². The second kappa shape index (κ2) is 8.14. The predicted molar refractivity (Wildman–Crippen MR) is 55.4 cm³/mol. The van der Waals surface area contributed by atoms with Gasteiger partial charge in [-0.05, 0) is 27.7 Å². The molecule has 0 fully saturated rings. The Bertz CT molecular complexity index is 236. The zero-order valence-corrected chi connectivity index (χ0v) is 9.39. The maximum absolute atomic E-state index is 10.1. The second-order valence-corrected chi connectivity index (χ2v) is 3.43. The summed E-state index contributed by atoms with van der Waals surface area (Å²) in [4.78, 5) is 19.5. The standard InChI is InChI=1S/C7H12O4.C3H6O/c1-4(2)3-5(8)6(9)7(10)11;1-3(2)4/h3,5-6,8-9H,1-2H3,(H,10,11);1-2H3/t5-,6+;/m1./s1. The Morgan fingerprint density at radius 3 is 1.60 bits per heavy atom. The number of allylic oxidation sites excluding steroid dienone is 1. The summed E-state index contributed by atoms with van der Waals surface area (Å²) in [5.74, 6) is -1.25. The zero-order valence-electron chi connectivity index (χ0n) is 9.39. The summed E-state index contributed by atoms with van der Waals surface area (Å²) in [6.45, 7) is 6.47. The summed E-state index contributed by atoms with van der Waals surface area (Å²) in [7, 11) is 0. The molecule has 0 rings (SSSR count). The molecule has 88 valence electrons. The molecule has 5 heteroatoms. The first-order valence-electron chi connectivity index (χ1n) is 4.39. The Labute approximate surface area is 89.0 Å². The van der Waals surface area contributed by atoms with Gasteiger partial charge in [0, 0.05) is 0 Å². The molecule has 0 aliphatic rings. The minimum atomic E-state index is -1.73. The van der Waals surface area contributed by atoms with Gasteiger partial charge in [0.25, 0.3) is 0 Å². The lowest BCUT2D eigenvalue weighted by Gasteiger charge is -2.09. The van der Waals surface area contributed by atoms with Crippen LogP contribution in [0.4, 0.5) is 0 Å². The van der Waals surface area contributed by atoms with Crippen molar-refractivity contribution in [3.8, 4) is 0 Å². The van der Waals surface area contributed by atoms with Crippen LogP contribution in [-0.4, -0.2) is 39.3 Å². The van der Waals surface area contributed by atoms with E-state index >= 15 is 0 Å². The molecule has 0 aromatic heterocycles. The van der Waals surface area contributed by atoms with Crippen molar-refractivity contribution in [2.45, 2.75) is 39.9 Å². The van der Waals surface area contributed by atoms with E-state index in [2.05, 4.69) is 0 Å². The number of ketones is 1. The van der Waals surface area contributed by atoms with E-state index in [-0.39, 0.29) is 5.78 Å². The number of carbonyl (C=O) groups excluding carboxylic acids is 1. The highest BCUT2D eigenvalue weighted by Gasteiger charge is 2.20. The van der Waals surface area contributed by atoms with Crippen molar-refractivity contribution in [2.75, 3.05) is 0 Å². The van der Waals surface area contributed by atoms with E-state index in [0.29, 0.717) is 0 Å². The third-order valence-corrected chi connectivity index (χ3v) is 1.08. The molecule has 0 saturated heterocycles. The van der Waals surface area contributed by atoms with Crippen molar-refractivity contribution in [1.82, 2.24) is 0 Å². The van der Waals surface area contributed by atoms with Crippen LogP contribution in [-0.2, 0) is 9.59 Å². The first-order valence-corrected chi connectivity index (χ1v) is 4.39. The fourth-order valence-electron chi connectivity index (χ4n) is 0.579. The molecule has 0 bridgehead atoms. The molecular formula is C10H18O5. The molecule has 0 unspecified atom stereocenters. The molecular weight excluding hydrogens is 200 g/mol. The Morgan fingerprint density at radius 2 is 1.40 bits per heavy atom. The second-order valence-electron chi connectivity index (χ2n) is 3.43. The van der Waals surface area contributed by atoms with Crippen LogP contribution < -0.4 is 0 Å². The lowest BCUT2D eigenvalue weighted by atomic mass is 10.1. The van der Waals surface area contributed by atoms with Crippen LogP contribution in [0.15, 0.2) is 11.6 Å². The molecule has 0 aliphatic carbocycles. The van der Waals surface area contributed by atoms with Gasteiger partial charge >= 0.3 is 5.97 Å². The molecule has 0 aromatic carbocycles. The molecule has 0 heterocycles. The summed E-state index contributed by atoms with van der Waals surface area (Å²) in [6, 6.07) is 0. The molecule has 0 radical (unpaired) electrons. The van der Waals surface area contributed by atoms with Gasteiger partial charge in [0.15, 0.2) is 6.10 Å². The van der Waals surface area contributed by atoms with E-state index in [1.54, 1.807) is 13.8 Å². The van der Waals surface area contributed by atoms with Crippen LogP contribution in [0.3, 0.4) is 0 Å². The van der Waals surface area contributed by atoms with Crippen LogP contribution in [0, 0.1) is 0 Å². The fraction of sp³-hybridized carbons (Fsp3) is 0.600. The number of carboxylic acid groups (broad SMARTS) is 1. The van der Waals surface area contributed by atoms with Crippen LogP contribution in [0.5, 0.6) is 0 Å². The maximum atomic E-state index is 10.1. The smallest absolute Gasteiger partial charge is 0.335 e. The third kappa shape index (κ3) is 12.8. The molecule has 0 aliphatic heterocycles. The molecule has 5 nitrogen and oxygen atoms in total. The number of aliphatic carboxylic acids is 1. The SMILES string of the molecule is CC(C)=C[C@@H](O)[C@H](O)C(=O)O.CC(C)=O. The monoisotopic (exact) mass is 218 g/mol. The van der Waals surface area contributed by atoms with Gasteiger partial charge in [-0.15, -0.1) is 0 Å². The number of aliphatic hydroxyl groups excluding tert-OH is 2. The van der Waals surface area contributed by atoms with Crippen molar-refractivity contribution in [1.29, 1.82) is 0 Å². The van der Waals surface area contributed by atoms with Crippen molar-refractivity contribution < 1.29 is 24.9 Å². The largest absolute Gasteiger partial charge is 0.479 e. The number of Topliss-reactive ketones (excluding diaryl/α,β-unsaturated/α-hetero) is 1. The van der Waals surface area contributed by atoms with Crippen molar-refractivity contribution in [3.05, 3.63) is 11.6 Å². The minimum absolute atomic E-state index is 0.167. The quantitative estimate of drug-likeness (QED) is 0.594. The average molecular weight is 218 g/mol. The highest BCUT2D eigenvalue weighted by Crippen LogP contribution is 1.99. The average Bonchev–Trinajstić information content (AvgIpc) is 2.00. The Morgan fingerprint density at radius 1 is 1.07 bits per heavy atom. The molecule has 0 aromatic rings. The summed E-state index contributed by atoms with van der Waals surface area (Å²) in [5, 5.41) is 25.9. The van der Waals surface area contributed by atoms with E-state index in [1.807, 2.05) is 0 Å². The number of aliphatic hydroxyl groups is 2. The highest BCUT2D eigenvalue weighted by molar-refractivity contribution is 5.73. The number of hydrogen-bond donors (Lipinski definition) is 3. The van der Waals surface area contributed by atoms with Gasteiger partial charge in [-0.1, -0.05) is 11.6 Å². The topological polar surface area (TPSA) is 94.8 Å². The lowest BCUT2D eigenvalue weighted by Crippen LogP contribution is -2.32. The molecule has 15 heavy (non-hydrogen) atoms. The summed E-state index contributed by atoms with van der Waals surface area (Å²) >= 11 is 0. The lowest BCUT2D eigenvalue weighted by molar-refractivity contribution is -0.150. The zero-order chi connectivity index (χ0) is 12.6. The van der Waals surface area contributed by atoms with Gasteiger partial charge in [-0.25, -0.2) is 4.79 Å². The Balaban J connectivity index is 0. The number of carbonyl (C=O) groups is 2. The van der Waals surface area contributed by atoms with Gasteiger partial charge < -0.3 is 20.1 Å². The predicted octanol–water partition coefficient (Wildman–Crippen LogP) is 0.354. The maximum Gasteiger partial charge on any atom is 0.335 e. The highest BCUT2D eigenvalue weighted by atomic mass is 16.4. The normalized spacial score (nSPS) is 12.9. The van der Waals surface area contributed by atoms with Gasteiger partial charge in [0.05, 0.1) is 0 Å². The van der Waals surface area contributed by atoms with E-state index in [4.69, 9.17) is 15.3 Å². The summed E-state index contributed by atoms with van der Waals surface area (Å²) in [5.41, 5.74) is 0.762. The number of rotatable bonds is 3. The van der Waals surface area contributed by atoms with Crippen molar-refractivity contribution in [3.63, 3.8) is 0 Å². The van der Waals surface area contributed by atoms with Gasteiger partial charge in [0.1, 0.15) is 11.9 Å². The van der Waals surface area contributed by atoms with Gasteiger partial charge in [0.2, 0.25) is 0 Å². The van der Waals surface area contributed by atoms with E-state index in [9.17, 15) is 9.59 Å². The first-order chi connectivity index (χ1) is 6.68. The summed E-state index contributed by atoms with van der Waals surface area (Å²) < 4.78 is 0. The Hall–Kier alpha value is -1.20. The van der Waals surface area contributed by atoms with Crippen molar-refractivity contribution in [2.24, 2.45) is 0 Å². The fourth-order valence-corrected chi connectivity index (χ4v) is 0.579. The summed E-state index contributed by atoms with van der Waals surface area (Å²) in [6.07, 6.45) is -1.76.